The average Bonchev–Trinajstić information content (AvgIpc) is 2.46. The summed E-state index contributed by atoms with van der Waals surface area (Å²) in [6.45, 7) is 0. The summed E-state index contributed by atoms with van der Waals surface area (Å²) in [5, 5.41) is 9.10. The second-order valence-electron chi connectivity index (χ2n) is 3.73. The molecule has 88 valence electrons. The van der Waals surface area contributed by atoms with Crippen molar-refractivity contribution in [3.05, 3.63) is 59.7 Å². The van der Waals surface area contributed by atoms with E-state index in [9.17, 15) is 4.79 Å². The van der Waals surface area contributed by atoms with Crippen molar-refractivity contribution in [1.29, 1.82) is 5.26 Å². The molecule has 0 fully saturated rings. The number of carbonyl (C=O) groups is 1. The minimum absolute atomic E-state index is 0.406. The van der Waals surface area contributed by atoms with Gasteiger partial charge >= 0.3 is 5.97 Å². The second kappa shape index (κ2) is 5.15. The van der Waals surface area contributed by atoms with Gasteiger partial charge in [-0.05, 0) is 23.8 Å². The van der Waals surface area contributed by atoms with Gasteiger partial charge in [0, 0.05) is 5.56 Å². The van der Waals surface area contributed by atoms with Gasteiger partial charge in [0.05, 0.1) is 24.3 Å². The van der Waals surface area contributed by atoms with Gasteiger partial charge in [0.15, 0.2) is 0 Å². The molecule has 0 amide bonds. The number of methoxy groups -OCH3 is 1. The van der Waals surface area contributed by atoms with Gasteiger partial charge in [0.1, 0.15) is 0 Å². The second-order valence-corrected chi connectivity index (χ2v) is 3.73. The zero-order valence-corrected chi connectivity index (χ0v) is 9.88. The molecule has 0 radical (unpaired) electrons. The van der Waals surface area contributed by atoms with Gasteiger partial charge in [-0.2, -0.15) is 5.26 Å². The highest BCUT2D eigenvalue weighted by Gasteiger charge is 2.10. The van der Waals surface area contributed by atoms with Crippen LogP contribution >= 0.6 is 0 Å². The highest BCUT2D eigenvalue weighted by Crippen LogP contribution is 2.24. The van der Waals surface area contributed by atoms with Crippen molar-refractivity contribution in [2.45, 2.75) is 0 Å². The van der Waals surface area contributed by atoms with Crippen LogP contribution in [0.5, 0.6) is 0 Å². The zero-order chi connectivity index (χ0) is 13.0. The van der Waals surface area contributed by atoms with Crippen molar-refractivity contribution >= 4 is 5.97 Å². The Kier molecular flexibility index (Phi) is 3.40. The quantitative estimate of drug-likeness (QED) is 0.754. The van der Waals surface area contributed by atoms with Crippen LogP contribution in [0.2, 0.25) is 0 Å². The average molecular weight is 237 g/mol. The molecule has 2 aromatic rings. The molecule has 0 N–H and O–H groups in total. The van der Waals surface area contributed by atoms with Gasteiger partial charge < -0.3 is 4.74 Å². The highest BCUT2D eigenvalue weighted by atomic mass is 16.5. The topological polar surface area (TPSA) is 50.1 Å². The van der Waals surface area contributed by atoms with E-state index in [1.165, 1.54) is 7.11 Å². The minimum Gasteiger partial charge on any atom is -0.465 e. The minimum atomic E-state index is -0.406. The number of carbonyl (C=O) groups excluding carboxylic acids is 1. The molecule has 3 nitrogen and oxygen atoms in total. The first kappa shape index (κ1) is 11.9. The van der Waals surface area contributed by atoms with Gasteiger partial charge in [0.25, 0.3) is 0 Å². The number of rotatable bonds is 2. The first-order valence-corrected chi connectivity index (χ1v) is 5.44. The number of nitriles is 1. The maximum atomic E-state index is 11.5. The molecule has 0 aliphatic carbocycles. The summed E-state index contributed by atoms with van der Waals surface area (Å²) in [5.74, 6) is -0.406. The van der Waals surface area contributed by atoms with Gasteiger partial charge in [-0.15, -0.1) is 0 Å². The normalized spacial score (nSPS) is 9.56. The Morgan fingerprint density at radius 3 is 2.50 bits per heavy atom. The van der Waals surface area contributed by atoms with E-state index in [2.05, 4.69) is 10.8 Å². The van der Waals surface area contributed by atoms with E-state index < -0.39 is 5.97 Å². The molecular weight excluding hydrogens is 226 g/mol. The first-order valence-electron chi connectivity index (χ1n) is 5.44. The molecular formula is C15H11NO2. The van der Waals surface area contributed by atoms with Crippen LogP contribution in [-0.2, 0) is 4.74 Å². The first-order chi connectivity index (χ1) is 8.76. The maximum absolute atomic E-state index is 11.5. The summed E-state index contributed by atoms with van der Waals surface area (Å²) in [6.07, 6.45) is 0. The molecule has 0 aliphatic heterocycles. The summed E-state index contributed by atoms with van der Waals surface area (Å²) >= 11 is 0. The Labute approximate surface area is 105 Å². The van der Waals surface area contributed by atoms with E-state index in [4.69, 9.17) is 5.26 Å². The predicted molar refractivity (Wildman–Crippen MR) is 67.9 cm³/mol. The number of esters is 1. The lowest BCUT2D eigenvalue weighted by molar-refractivity contribution is 0.0601. The Bertz CT molecular complexity index is 612. The number of benzene rings is 2. The molecule has 0 bridgehead atoms. The van der Waals surface area contributed by atoms with Crippen molar-refractivity contribution in [3.63, 3.8) is 0 Å². The molecule has 0 spiro atoms. The van der Waals surface area contributed by atoms with Crippen LogP contribution in [0.3, 0.4) is 0 Å². The van der Waals surface area contributed by atoms with Gasteiger partial charge in [-0.1, -0.05) is 30.3 Å². The van der Waals surface area contributed by atoms with Crippen molar-refractivity contribution in [2.75, 3.05) is 7.11 Å². The van der Waals surface area contributed by atoms with Crippen LogP contribution in [0.25, 0.3) is 11.1 Å². The monoisotopic (exact) mass is 237 g/mol. The van der Waals surface area contributed by atoms with Crippen LogP contribution < -0.4 is 0 Å². The third-order valence-corrected chi connectivity index (χ3v) is 2.65. The summed E-state index contributed by atoms with van der Waals surface area (Å²) in [7, 11) is 1.34. The van der Waals surface area contributed by atoms with Gasteiger partial charge in [0.2, 0.25) is 0 Å². The molecule has 18 heavy (non-hydrogen) atoms. The molecule has 2 aromatic carbocycles. The number of hydrogen-bond acceptors (Lipinski definition) is 3. The van der Waals surface area contributed by atoms with E-state index in [0.29, 0.717) is 11.1 Å². The fraction of sp³-hybridized carbons (Fsp3) is 0.0667. The third kappa shape index (κ3) is 2.23. The van der Waals surface area contributed by atoms with Crippen molar-refractivity contribution in [3.8, 4) is 17.2 Å². The van der Waals surface area contributed by atoms with E-state index in [1.807, 2.05) is 30.3 Å². The highest BCUT2D eigenvalue weighted by molar-refractivity contribution is 5.91. The number of nitrogens with zero attached hydrogens (tertiary/aromatic N) is 1. The molecule has 0 aliphatic rings. The summed E-state index contributed by atoms with van der Waals surface area (Å²) in [5.41, 5.74) is 2.62. The van der Waals surface area contributed by atoms with Gasteiger partial charge in [-0.25, -0.2) is 4.79 Å². The van der Waals surface area contributed by atoms with Crippen molar-refractivity contribution < 1.29 is 9.53 Å². The predicted octanol–water partition coefficient (Wildman–Crippen LogP) is 3.01. The van der Waals surface area contributed by atoms with E-state index in [1.54, 1.807) is 18.2 Å². The molecule has 0 unspecified atom stereocenters. The van der Waals surface area contributed by atoms with Crippen molar-refractivity contribution in [2.24, 2.45) is 0 Å². The number of hydrogen-bond donors (Lipinski definition) is 0. The lowest BCUT2D eigenvalue weighted by Crippen LogP contribution is -2.01. The Morgan fingerprint density at radius 2 is 1.89 bits per heavy atom. The summed E-state index contributed by atoms with van der Waals surface area (Å²) < 4.78 is 4.68. The smallest absolute Gasteiger partial charge is 0.337 e. The molecule has 3 heteroatoms. The molecule has 0 atom stereocenters. The molecule has 0 aromatic heterocycles. The maximum Gasteiger partial charge on any atom is 0.337 e. The van der Waals surface area contributed by atoms with Gasteiger partial charge in [-0.3, -0.25) is 0 Å². The molecule has 0 saturated heterocycles. The number of ether oxygens (including phenoxy) is 1. The largest absolute Gasteiger partial charge is 0.465 e. The standard InChI is InChI=1S/C15H11NO2/c1-18-15(17)12-7-8-13(10-16)14(9-12)11-5-3-2-4-6-11/h2-9H,1H3. The summed E-state index contributed by atoms with van der Waals surface area (Å²) in [4.78, 5) is 11.5. The van der Waals surface area contributed by atoms with Crippen LogP contribution in [0.4, 0.5) is 0 Å². The zero-order valence-electron chi connectivity index (χ0n) is 9.88. The van der Waals surface area contributed by atoms with Crippen LogP contribution in [-0.4, -0.2) is 13.1 Å². The van der Waals surface area contributed by atoms with Crippen molar-refractivity contribution in [1.82, 2.24) is 0 Å². The lowest BCUT2D eigenvalue weighted by atomic mass is 9.98. The molecule has 0 saturated carbocycles. The Balaban J connectivity index is 2.58. The van der Waals surface area contributed by atoms with Crippen LogP contribution in [0, 0.1) is 11.3 Å². The Hall–Kier alpha value is -2.60. The summed E-state index contributed by atoms with van der Waals surface area (Å²) in [6, 6.07) is 16.5. The lowest BCUT2D eigenvalue weighted by Gasteiger charge is -2.06. The molecule has 2 rings (SSSR count). The van der Waals surface area contributed by atoms with Crippen LogP contribution in [0.1, 0.15) is 15.9 Å². The van der Waals surface area contributed by atoms with Crippen LogP contribution in [0.15, 0.2) is 48.5 Å². The van der Waals surface area contributed by atoms with E-state index >= 15 is 0 Å². The fourth-order valence-corrected chi connectivity index (χ4v) is 1.74. The fourth-order valence-electron chi connectivity index (χ4n) is 1.74. The third-order valence-electron chi connectivity index (χ3n) is 2.65. The van der Waals surface area contributed by atoms with E-state index in [-0.39, 0.29) is 0 Å². The van der Waals surface area contributed by atoms with E-state index in [0.717, 1.165) is 11.1 Å². The SMILES string of the molecule is COC(=O)c1ccc(C#N)c(-c2ccccc2)c1. The Morgan fingerprint density at radius 1 is 1.17 bits per heavy atom. The molecule has 0 heterocycles.